The summed E-state index contributed by atoms with van der Waals surface area (Å²) in [5.74, 6) is 0. The molecule has 10 heavy (non-hydrogen) atoms. The van der Waals surface area contributed by atoms with E-state index < -0.39 is 12.3 Å². The number of ether oxygens (including phenoxy) is 1. The lowest BCUT2D eigenvalue weighted by atomic mass is 10.4. The average molecular weight is 156 g/mol. The van der Waals surface area contributed by atoms with E-state index in [2.05, 4.69) is 4.74 Å². The van der Waals surface area contributed by atoms with Crippen molar-refractivity contribution in [2.45, 2.75) is 32.5 Å². The van der Waals surface area contributed by atoms with E-state index in [4.69, 9.17) is 0 Å². The lowest BCUT2D eigenvalue weighted by Crippen LogP contribution is -2.31. The topological polar surface area (TPSA) is 9.23 Å². The van der Waals surface area contributed by atoms with Crippen LogP contribution in [0, 0.1) is 0 Å². The molecule has 0 aromatic heterocycles. The Morgan fingerprint density at radius 3 is 2.30 bits per heavy atom. The molecule has 0 aliphatic heterocycles. The van der Waals surface area contributed by atoms with Crippen molar-refractivity contribution >= 4 is 0 Å². The number of halogens is 3. The second-order valence-electron chi connectivity index (χ2n) is 2.03. The number of hydrogen-bond acceptors (Lipinski definition) is 1. The van der Waals surface area contributed by atoms with E-state index in [1.54, 1.807) is 6.92 Å². The zero-order valence-corrected chi connectivity index (χ0v) is 6.03. The van der Waals surface area contributed by atoms with Gasteiger partial charge in [-0.1, -0.05) is 6.92 Å². The molecule has 1 unspecified atom stereocenters. The second kappa shape index (κ2) is 3.81. The Morgan fingerprint density at radius 1 is 1.50 bits per heavy atom. The average Bonchev–Trinajstić information content (AvgIpc) is 1.84. The van der Waals surface area contributed by atoms with Gasteiger partial charge in [-0.05, 0) is 13.3 Å². The Labute approximate surface area is 58.2 Å². The van der Waals surface area contributed by atoms with Crippen molar-refractivity contribution in [1.82, 2.24) is 0 Å². The molecule has 1 atom stereocenters. The summed E-state index contributed by atoms with van der Waals surface area (Å²) in [5.41, 5.74) is 0. The Balaban J connectivity index is 3.63. The zero-order valence-electron chi connectivity index (χ0n) is 6.03. The minimum Gasteiger partial charge on any atom is -0.318 e. The van der Waals surface area contributed by atoms with Crippen molar-refractivity contribution in [2.75, 3.05) is 6.61 Å². The van der Waals surface area contributed by atoms with Gasteiger partial charge in [0.1, 0.15) is 0 Å². The highest BCUT2D eigenvalue weighted by Gasteiger charge is 2.37. The molecule has 0 spiro atoms. The Bertz CT molecular complexity index is 93.0. The van der Waals surface area contributed by atoms with E-state index in [0.717, 1.165) is 6.92 Å². The third-order valence-electron chi connectivity index (χ3n) is 0.962. The SMILES string of the molecule is CCCOC(F)(F)C(C)F. The van der Waals surface area contributed by atoms with Gasteiger partial charge in [0.2, 0.25) is 0 Å². The fourth-order valence-electron chi connectivity index (χ4n) is 0.353. The van der Waals surface area contributed by atoms with E-state index in [1.165, 1.54) is 0 Å². The van der Waals surface area contributed by atoms with E-state index in [1.807, 2.05) is 0 Å². The van der Waals surface area contributed by atoms with Crippen LogP contribution in [-0.2, 0) is 4.74 Å². The second-order valence-corrected chi connectivity index (χ2v) is 2.03. The van der Waals surface area contributed by atoms with Crippen molar-refractivity contribution in [3.8, 4) is 0 Å². The fourth-order valence-corrected chi connectivity index (χ4v) is 0.353. The molecule has 0 aliphatic carbocycles. The van der Waals surface area contributed by atoms with Gasteiger partial charge in [-0.2, -0.15) is 8.78 Å². The molecule has 4 heteroatoms. The highest BCUT2D eigenvalue weighted by Crippen LogP contribution is 2.22. The summed E-state index contributed by atoms with van der Waals surface area (Å²) < 4.78 is 40.1. The summed E-state index contributed by atoms with van der Waals surface area (Å²) in [4.78, 5) is 0. The molecule has 0 aliphatic rings. The quantitative estimate of drug-likeness (QED) is 0.607. The summed E-state index contributed by atoms with van der Waals surface area (Å²) in [6, 6.07) is 0. The van der Waals surface area contributed by atoms with Gasteiger partial charge in [-0.3, -0.25) is 0 Å². The summed E-state index contributed by atoms with van der Waals surface area (Å²) >= 11 is 0. The van der Waals surface area contributed by atoms with E-state index in [-0.39, 0.29) is 6.61 Å². The largest absolute Gasteiger partial charge is 0.386 e. The maximum absolute atomic E-state index is 12.1. The van der Waals surface area contributed by atoms with Crippen molar-refractivity contribution < 1.29 is 17.9 Å². The van der Waals surface area contributed by atoms with Crippen LogP contribution in [0.15, 0.2) is 0 Å². The van der Waals surface area contributed by atoms with Crippen LogP contribution in [-0.4, -0.2) is 18.9 Å². The molecule has 0 radical (unpaired) electrons. The third-order valence-corrected chi connectivity index (χ3v) is 0.962. The number of rotatable bonds is 4. The van der Waals surface area contributed by atoms with E-state index in [0.29, 0.717) is 6.42 Å². The maximum atomic E-state index is 12.1. The highest BCUT2D eigenvalue weighted by atomic mass is 19.3. The van der Waals surface area contributed by atoms with Crippen molar-refractivity contribution in [3.05, 3.63) is 0 Å². The van der Waals surface area contributed by atoms with Crippen LogP contribution in [0.25, 0.3) is 0 Å². The summed E-state index contributed by atoms with van der Waals surface area (Å²) in [5, 5.41) is 0. The number of hydrogen-bond donors (Lipinski definition) is 0. The Morgan fingerprint density at radius 2 is 2.00 bits per heavy atom. The first-order valence-corrected chi connectivity index (χ1v) is 3.16. The van der Waals surface area contributed by atoms with Gasteiger partial charge in [0.15, 0.2) is 6.17 Å². The first kappa shape index (κ1) is 9.75. The summed E-state index contributed by atoms with van der Waals surface area (Å²) in [7, 11) is 0. The molecule has 1 nitrogen and oxygen atoms in total. The molecule has 0 aromatic rings. The molecule has 0 fully saturated rings. The molecular formula is C6H11F3O. The molecule has 0 rings (SSSR count). The van der Waals surface area contributed by atoms with Crippen LogP contribution in [0.5, 0.6) is 0 Å². The minimum atomic E-state index is -3.62. The minimum absolute atomic E-state index is 0.110. The van der Waals surface area contributed by atoms with Crippen LogP contribution >= 0.6 is 0 Å². The van der Waals surface area contributed by atoms with Crippen LogP contribution in [0.4, 0.5) is 13.2 Å². The van der Waals surface area contributed by atoms with Gasteiger partial charge in [0.25, 0.3) is 0 Å². The van der Waals surface area contributed by atoms with Gasteiger partial charge < -0.3 is 4.74 Å². The first-order valence-electron chi connectivity index (χ1n) is 3.16. The van der Waals surface area contributed by atoms with Gasteiger partial charge in [0, 0.05) is 0 Å². The van der Waals surface area contributed by atoms with Crippen LogP contribution in [0.3, 0.4) is 0 Å². The van der Waals surface area contributed by atoms with E-state index >= 15 is 0 Å². The van der Waals surface area contributed by atoms with Gasteiger partial charge in [-0.25, -0.2) is 4.39 Å². The third kappa shape index (κ3) is 3.06. The molecule has 0 heterocycles. The summed E-state index contributed by atoms with van der Waals surface area (Å²) in [6.45, 7) is 2.34. The molecule has 0 N–H and O–H groups in total. The van der Waals surface area contributed by atoms with Crippen LogP contribution < -0.4 is 0 Å². The Kier molecular flexibility index (Phi) is 3.71. The van der Waals surface area contributed by atoms with E-state index in [9.17, 15) is 13.2 Å². The molecule has 62 valence electrons. The molecule has 0 aromatic carbocycles. The van der Waals surface area contributed by atoms with Crippen molar-refractivity contribution in [1.29, 1.82) is 0 Å². The Hall–Kier alpha value is -0.250. The molecule has 0 saturated carbocycles. The molecule has 0 amide bonds. The standard InChI is InChI=1S/C6H11F3O/c1-3-4-10-6(8,9)5(2)7/h5H,3-4H2,1-2H3. The van der Waals surface area contributed by atoms with Crippen molar-refractivity contribution in [3.63, 3.8) is 0 Å². The predicted octanol–water partition coefficient (Wildman–Crippen LogP) is 2.36. The van der Waals surface area contributed by atoms with Crippen LogP contribution in [0.2, 0.25) is 0 Å². The lowest BCUT2D eigenvalue weighted by molar-refractivity contribution is -0.269. The van der Waals surface area contributed by atoms with Gasteiger partial charge in [0.05, 0.1) is 6.61 Å². The molecule has 0 saturated heterocycles. The first-order chi connectivity index (χ1) is 4.50. The normalized spacial score (nSPS) is 15.3. The monoisotopic (exact) mass is 156 g/mol. The summed E-state index contributed by atoms with van der Waals surface area (Å²) in [6.07, 6.45) is -5.39. The van der Waals surface area contributed by atoms with Crippen LogP contribution in [0.1, 0.15) is 20.3 Å². The smallest absolute Gasteiger partial charge is 0.318 e. The molecule has 0 bridgehead atoms. The fraction of sp³-hybridized carbons (Fsp3) is 1.00. The highest BCUT2D eigenvalue weighted by molar-refractivity contribution is 4.60. The van der Waals surface area contributed by atoms with Crippen molar-refractivity contribution in [2.24, 2.45) is 0 Å². The predicted molar refractivity (Wildman–Crippen MR) is 31.8 cm³/mol. The van der Waals surface area contributed by atoms with Gasteiger partial charge in [-0.15, -0.1) is 0 Å². The lowest BCUT2D eigenvalue weighted by Gasteiger charge is -2.16. The maximum Gasteiger partial charge on any atom is 0.386 e. The number of alkyl halides is 3. The molecular weight excluding hydrogens is 145 g/mol. The zero-order chi connectivity index (χ0) is 8.20. The van der Waals surface area contributed by atoms with Gasteiger partial charge >= 0.3 is 6.11 Å².